The van der Waals surface area contributed by atoms with Crippen LogP contribution in [0.3, 0.4) is 0 Å². The summed E-state index contributed by atoms with van der Waals surface area (Å²) in [7, 11) is 0. The molecule has 1 aliphatic rings. The first-order valence-corrected chi connectivity index (χ1v) is 9.02. The van der Waals surface area contributed by atoms with Gasteiger partial charge in [0.25, 0.3) is 0 Å². The quantitative estimate of drug-likeness (QED) is 0.642. The van der Waals surface area contributed by atoms with Crippen LogP contribution in [0.5, 0.6) is 0 Å². The number of likely N-dealkylation sites (tertiary alicyclic amines) is 1. The van der Waals surface area contributed by atoms with E-state index in [1.165, 1.54) is 0 Å². The van der Waals surface area contributed by atoms with Gasteiger partial charge in [-0.25, -0.2) is 4.79 Å². The van der Waals surface area contributed by atoms with Crippen molar-refractivity contribution < 1.29 is 14.6 Å². The molecule has 1 saturated heterocycles. The second-order valence-corrected chi connectivity index (χ2v) is 6.66. The molecule has 0 radical (unpaired) electrons. The number of aliphatic hydroxyl groups is 1. The molecule has 0 aromatic heterocycles. The lowest BCUT2D eigenvalue weighted by Crippen LogP contribution is -2.45. The average Bonchev–Trinajstić information content (AvgIpc) is 2.69. The van der Waals surface area contributed by atoms with Crippen LogP contribution in [0.1, 0.15) is 24.0 Å². The molecule has 1 atom stereocenters. The first-order chi connectivity index (χ1) is 12.6. The van der Waals surface area contributed by atoms with E-state index >= 15 is 0 Å². The number of esters is 1. The molecule has 0 bridgehead atoms. The Labute approximate surface area is 154 Å². The molecular formula is C22H25NO3. The monoisotopic (exact) mass is 351 g/mol. The Morgan fingerprint density at radius 3 is 2.27 bits per heavy atom. The molecule has 2 aromatic rings. The van der Waals surface area contributed by atoms with Gasteiger partial charge in [0.2, 0.25) is 5.60 Å². The van der Waals surface area contributed by atoms with E-state index in [1.807, 2.05) is 42.5 Å². The highest BCUT2D eigenvalue weighted by Crippen LogP contribution is 2.32. The summed E-state index contributed by atoms with van der Waals surface area (Å²) < 4.78 is 5.78. The van der Waals surface area contributed by atoms with Crippen LogP contribution < -0.4 is 0 Å². The van der Waals surface area contributed by atoms with E-state index in [1.54, 1.807) is 24.3 Å². The zero-order chi connectivity index (χ0) is 18.4. The lowest BCUT2D eigenvalue weighted by molar-refractivity contribution is -0.170. The number of hydrogen-bond donors (Lipinski definition) is 1. The smallest absolute Gasteiger partial charge is 0.348 e. The van der Waals surface area contributed by atoms with Gasteiger partial charge in [-0.15, -0.1) is 6.58 Å². The molecule has 1 N–H and O–H groups in total. The number of piperidine rings is 1. The summed E-state index contributed by atoms with van der Waals surface area (Å²) in [6, 6.07) is 17.9. The zero-order valence-corrected chi connectivity index (χ0v) is 14.9. The molecule has 4 nitrogen and oxygen atoms in total. The molecule has 2 aromatic carbocycles. The van der Waals surface area contributed by atoms with Crippen LogP contribution in [-0.2, 0) is 15.1 Å². The normalized spacial score (nSPS) is 18.3. The second-order valence-electron chi connectivity index (χ2n) is 6.66. The van der Waals surface area contributed by atoms with Gasteiger partial charge < -0.3 is 9.84 Å². The highest BCUT2D eigenvalue weighted by molar-refractivity contribution is 5.85. The largest absolute Gasteiger partial charge is 0.458 e. The summed E-state index contributed by atoms with van der Waals surface area (Å²) in [6.07, 6.45) is 3.39. The number of ether oxygens (including phenoxy) is 1. The van der Waals surface area contributed by atoms with Crippen LogP contribution in [0.4, 0.5) is 0 Å². The number of carbonyl (C=O) groups is 1. The molecule has 0 amide bonds. The van der Waals surface area contributed by atoms with E-state index in [9.17, 15) is 9.90 Å². The highest BCUT2D eigenvalue weighted by atomic mass is 16.6. The molecule has 1 fully saturated rings. The Kier molecular flexibility index (Phi) is 5.86. The lowest BCUT2D eigenvalue weighted by Gasteiger charge is -2.34. The van der Waals surface area contributed by atoms with Crippen molar-refractivity contribution in [2.24, 2.45) is 0 Å². The third-order valence-electron chi connectivity index (χ3n) is 4.80. The maximum Gasteiger partial charge on any atom is 0.348 e. The first-order valence-electron chi connectivity index (χ1n) is 9.02. The highest BCUT2D eigenvalue weighted by Gasteiger charge is 2.43. The van der Waals surface area contributed by atoms with Gasteiger partial charge in [0.15, 0.2) is 0 Å². The fourth-order valence-corrected chi connectivity index (χ4v) is 3.46. The van der Waals surface area contributed by atoms with Crippen molar-refractivity contribution in [3.63, 3.8) is 0 Å². The Morgan fingerprint density at radius 1 is 1.15 bits per heavy atom. The fraction of sp³-hybridized carbons (Fsp3) is 0.318. The fourth-order valence-electron chi connectivity index (χ4n) is 3.46. The second kappa shape index (κ2) is 8.30. The Morgan fingerprint density at radius 2 is 1.73 bits per heavy atom. The van der Waals surface area contributed by atoms with Crippen molar-refractivity contribution >= 4 is 5.97 Å². The van der Waals surface area contributed by atoms with Crippen LogP contribution in [0.15, 0.2) is 73.3 Å². The molecule has 1 heterocycles. The van der Waals surface area contributed by atoms with Gasteiger partial charge >= 0.3 is 5.97 Å². The first kappa shape index (κ1) is 18.4. The standard InChI is InChI=1S/C22H25NO3/c1-2-15-23-16-9-14-20(17-23)26-21(24)22(25,18-10-5-3-6-11-18)19-12-7-4-8-13-19/h2-8,10-13,20,25H,1,9,14-17H2. The van der Waals surface area contributed by atoms with E-state index in [0.29, 0.717) is 17.7 Å². The molecular weight excluding hydrogens is 326 g/mol. The van der Waals surface area contributed by atoms with Crippen molar-refractivity contribution in [3.8, 4) is 0 Å². The van der Waals surface area contributed by atoms with E-state index in [2.05, 4.69) is 11.5 Å². The van der Waals surface area contributed by atoms with Gasteiger partial charge in [0, 0.05) is 13.1 Å². The van der Waals surface area contributed by atoms with Crippen LogP contribution in [-0.4, -0.2) is 41.7 Å². The predicted octanol–water partition coefficient (Wildman–Crippen LogP) is 3.12. The van der Waals surface area contributed by atoms with E-state index in [-0.39, 0.29) is 6.10 Å². The van der Waals surface area contributed by atoms with Crippen molar-refractivity contribution in [1.82, 2.24) is 4.90 Å². The SMILES string of the molecule is C=CCN1CCCC(OC(=O)C(O)(c2ccccc2)c2ccccc2)C1. The van der Waals surface area contributed by atoms with E-state index in [0.717, 1.165) is 25.9 Å². The average molecular weight is 351 g/mol. The predicted molar refractivity (Wildman–Crippen MR) is 102 cm³/mol. The van der Waals surface area contributed by atoms with Gasteiger partial charge in [0.1, 0.15) is 6.10 Å². The molecule has 26 heavy (non-hydrogen) atoms. The minimum absolute atomic E-state index is 0.227. The third-order valence-corrected chi connectivity index (χ3v) is 4.80. The minimum atomic E-state index is -1.82. The van der Waals surface area contributed by atoms with Crippen molar-refractivity contribution in [2.75, 3.05) is 19.6 Å². The zero-order valence-electron chi connectivity index (χ0n) is 14.9. The molecule has 136 valence electrons. The summed E-state index contributed by atoms with van der Waals surface area (Å²) in [5.74, 6) is -0.625. The Hall–Kier alpha value is -2.43. The summed E-state index contributed by atoms with van der Waals surface area (Å²) in [5.41, 5.74) is -0.798. The molecule has 3 rings (SSSR count). The van der Waals surface area contributed by atoms with Crippen LogP contribution in [0.2, 0.25) is 0 Å². The van der Waals surface area contributed by atoms with E-state index < -0.39 is 11.6 Å². The van der Waals surface area contributed by atoms with Crippen LogP contribution in [0, 0.1) is 0 Å². The van der Waals surface area contributed by atoms with Gasteiger partial charge in [-0.2, -0.15) is 0 Å². The van der Waals surface area contributed by atoms with Gasteiger partial charge in [-0.1, -0.05) is 66.7 Å². The van der Waals surface area contributed by atoms with E-state index in [4.69, 9.17) is 4.74 Å². The number of benzene rings is 2. The number of carbonyl (C=O) groups excluding carboxylic acids is 1. The van der Waals surface area contributed by atoms with Crippen molar-refractivity contribution in [2.45, 2.75) is 24.5 Å². The maximum atomic E-state index is 13.1. The number of rotatable bonds is 6. The lowest BCUT2D eigenvalue weighted by atomic mass is 9.86. The topological polar surface area (TPSA) is 49.8 Å². The maximum absolute atomic E-state index is 13.1. The summed E-state index contributed by atoms with van der Waals surface area (Å²) in [4.78, 5) is 15.3. The Balaban J connectivity index is 1.85. The summed E-state index contributed by atoms with van der Waals surface area (Å²) in [5, 5.41) is 11.4. The molecule has 4 heteroatoms. The molecule has 1 unspecified atom stereocenters. The molecule has 0 aliphatic carbocycles. The van der Waals surface area contributed by atoms with Gasteiger partial charge in [-0.05, 0) is 30.5 Å². The van der Waals surface area contributed by atoms with Crippen LogP contribution in [0.25, 0.3) is 0 Å². The Bertz CT molecular complexity index is 690. The molecule has 0 saturated carbocycles. The third kappa shape index (κ3) is 3.87. The van der Waals surface area contributed by atoms with Crippen molar-refractivity contribution in [3.05, 3.63) is 84.4 Å². The van der Waals surface area contributed by atoms with Crippen LogP contribution >= 0.6 is 0 Å². The molecule has 1 aliphatic heterocycles. The van der Waals surface area contributed by atoms with Crippen molar-refractivity contribution in [1.29, 1.82) is 0 Å². The summed E-state index contributed by atoms with van der Waals surface area (Å²) >= 11 is 0. The summed E-state index contributed by atoms with van der Waals surface area (Å²) in [6.45, 7) is 6.18. The number of hydrogen-bond acceptors (Lipinski definition) is 4. The molecule has 0 spiro atoms. The number of nitrogens with zero attached hydrogens (tertiary/aromatic N) is 1. The van der Waals surface area contributed by atoms with Gasteiger partial charge in [-0.3, -0.25) is 4.90 Å². The minimum Gasteiger partial charge on any atom is -0.458 e. The van der Waals surface area contributed by atoms with Gasteiger partial charge in [0.05, 0.1) is 0 Å².